The van der Waals surface area contributed by atoms with Crippen LogP contribution in [0.1, 0.15) is 39.5 Å². The first-order valence-corrected chi connectivity index (χ1v) is 8.83. The standard InChI is InChI=1S/C19H25N5.3ClH.Nd/c1-3-5-12-23-14-10-20-18(23)16-8-7-9-17(22-16)19-21-11-15-24(19)13-6-4-2;;;;/h7-11,14-15H,3-6,12-13H2,1-2H3;3*1H;/q;;;;+3/p-3. The minimum Gasteiger partial charge on any atom is -1.00 e. The van der Waals surface area contributed by atoms with Gasteiger partial charge in [-0.15, -0.1) is 0 Å². The Balaban J connectivity index is 0. The van der Waals surface area contributed by atoms with E-state index in [1.54, 1.807) is 0 Å². The van der Waals surface area contributed by atoms with E-state index >= 15 is 0 Å². The third-order valence-corrected chi connectivity index (χ3v) is 4.14. The van der Waals surface area contributed by atoms with Gasteiger partial charge in [-0.1, -0.05) is 32.8 Å². The molecule has 3 heterocycles. The maximum Gasteiger partial charge on any atom is 3.00 e. The Labute approximate surface area is 218 Å². The molecule has 5 nitrogen and oxygen atoms in total. The molecule has 0 aliphatic heterocycles. The van der Waals surface area contributed by atoms with E-state index in [9.17, 15) is 0 Å². The van der Waals surface area contributed by atoms with Gasteiger partial charge in [0.05, 0.1) is 0 Å². The number of hydrogen-bond donors (Lipinski definition) is 0. The van der Waals surface area contributed by atoms with Gasteiger partial charge in [0.2, 0.25) is 0 Å². The molecule has 0 spiro atoms. The Hall–Kier alpha value is -0.209. The Morgan fingerprint density at radius 1 is 0.750 bits per heavy atom. The average molecular weight is 574 g/mol. The SMILES string of the molecule is CCCCn1ccnc1-c1cccc(-c2nccn2CCCC)n1.[Cl-].[Cl-].[Cl-].[Nd+3]. The summed E-state index contributed by atoms with van der Waals surface area (Å²) >= 11 is 0. The second-order valence-corrected chi connectivity index (χ2v) is 6.00. The van der Waals surface area contributed by atoms with Crippen molar-refractivity contribution in [3.63, 3.8) is 0 Å². The summed E-state index contributed by atoms with van der Waals surface area (Å²) in [7, 11) is 0. The number of rotatable bonds is 8. The van der Waals surface area contributed by atoms with E-state index in [1.807, 2.05) is 43.0 Å². The number of halogens is 3. The molecule has 0 saturated carbocycles. The fourth-order valence-electron chi connectivity index (χ4n) is 2.79. The summed E-state index contributed by atoms with van der Waals surface area (Å²) in [6.07, 6.45) is 12.4. The minimum absolute atomic E-state index is 0. The molecule has 0 unspecified atom stereocenters. The Morgan fingerprint density at radius 3 is 1.57 bits per heavy atom. The van der Waals surface area contributed by atoms with Gasteiger partial charge in [0, 0.05) is 37.9 Å². The van der Waals surface area contributed by atoms with Crippen LogP contribution < -0.4 is 37.2 Å². The van der Waals surface area contributed by atoms with Gasteiger partial charge in [-0.25, -0.2) is 15.0 Å². The second-order valence-electron chi connectivity index (χ2n) is 6.00. The van der Waals surface area contributed by atoms with Crippen molar-refractivity contribution in [3.8, 4) is 23.0 Å². The van der Waals surface area contributed by atoms with Gasteiger partial charge in [-0.2, -0.15) is 0 Å². The van der Waals surface area contributed by atoms with Gasteiger partial charge in [-0.05, 0) is 25.0 Å². The van der Waals surface area contributed by atoms with Crippen molar-refractivity contribution in [2.24, 2.45) is 0 Å². The molecule has 3 rings (SSSR count). The zero-order valence-corrected chi connectivity index (χ0v) is 21.6. The molecule has 0 aliphatic carbocycles. The topological polar surface area (TPSA) is 48.5 Å². The first-order valence-electron chi connectivity index (χ1n) is 8.83. The second kappa shape index (κ2) is 15.6. The maximum absolute atomic E-state index is 4.83. The molecular weight excluding hydrogens is 549 g/mol. The van der Waals surface area contributed by atoms with Crippen LogP contribution in [0.5, 0.6) is 0 Å². The van der Waals surface area contributed by atoms with Crippen molar-refractivity contribution in [3.05, 3.63) is 43.0 Å². The molecule has 3 aromatic rings. The monoisotopic (exact) mass is 570 g/mol. The molecule has 0 amide bonds. The zero-order valence-electron chi connectivity index (χ0n) is 16.2. The Bertz CT molecular complexity index is 730. The van der Waals surface area contributed by atoms with Gasteiger partial charge >= 0.3 is 40.8 Å². The summed E-state index contributed by atoms with van der Waals surface area (Å²) in [6.45, 7) is 6.35. The number of aryl methyl sites for hydroxylation is 2. The minimum atomic E-state index is 0. The predicted octanol–water partition coefficient (Wildman–Crippen LogP) is -4.58. The summed E-state index contributed by atoms with van der Waals surface area (Å²) in [5, 5.41) is 0. The van der Waals surface area contributed by atoms with Crippen LogP contribution in [0.25, 0.3) is 23.0 Å². The number of unbranched alkanes of at least 4 members (excludes halogenated alkanes) is 2. The molecular formula is C19H25Cl3N5Nd. The van der Waals surface area contributed by atoms with E-state index in [1.165, 1.54) is 12.8 Å². The van der Waals surface area contributed by atoms with Crippen LogP contribution >= 0.6 is 0 Å². The van der Waals surface area contributed by atoms with Crippen LogP contribution in [0.4, 0.5) is 0 Å². The molecule has 1 radical (unpaired) electrons. The normalized spacial score (nSPS) is 9.50. The van der Waals surface area contributed by atoms with Crippen molar-refractivity contribution in [2.75, 3.05) is 0 Å². The number of imidazole rings is 2. The van der Waals surface area contributed by atoms with Gasteiger partial charge in [0.25, 0.3) is 0 Å². The third kappa shape index (κ3) is 7.56. The van der Waals surface area contributed by atoms with E-state index in [0.717, 1.165) is 49.0 Å². The molecule has 0 N–H and O–H groups in total. The Kier molecular flexibility index (Phi) is 16.7. The fourth-order valence-corrected chi connectivity index (χ4v) is 2.79. The summed E-state index contributed by atoms with van der Waals surface area (Å²) in [6, 6.07) is 6.08. The molecule has 3 aromatic heterocycles. The molecule has 0 fully saturated rings. The predicted molar refractivity (Wildman–Crippen MR) is 96.5 cm³/mol. The summed E-state index contributed by atoms with van der Waals surface area (Å²) in [5.41, 5.74) is 1.80. The molecule has 28 heavy (non-hydrogen) atoms. The molecule has 0 aliphatic rings. The molecule has 0 bridgehead atoms. The van der Waals surface area contributed by atoms with E-state index in [0.29, 0.717) is 0 Å². The largest absolute Gasteiger partial charge is 3.00 e. The summed E-state index contributed by atoms with van der Waals surface area (Å²) < 4.78 is 4.36. The van der Waals surface area contributed by atoms with Crippen molar-refractivity contribution >= 4 is 0 Å². The van der Waals surface area contributed by atoms with E-state index < -0.39 is 0 Å². The smallest absolute Gasteiger partial charge is 1.00 e. The molecule has 0 aromatic carbocycles. The molecule has 151 valence electrons. The van der Waals surface area contributed by atoms with Crippen LogP contribution in [0.2, 0.25) is 0 Å². The van der Waals surface area contributed by atoms with Crippen molar-refractivity contribution in [1.82, 2.24) is 24.1 Å². The van der Waals surface area contributed by atoms with Crippen LogP contribution in [0.15, 0.2) is 43.0 Å². The van der Waals surface area contributed by atoms with Gasteiger partial charge < -0.3 is 46.4 Å². The van der Waals surface area contributed by atoms with Crippen LogP contribution in [0, 0.1) is 40.8 Å². The van der Waals surface area contributed by atoms with Crippen molar-refractivity contribution < 1.29 is 78.1 Å². The van der Waals surface area contributed by atoms with Crippen LogP contribution in [-0.2, 0) is 13.1 Å². The molecule has 0 saturated heterocycles. The van der Waals surface area contributed by atoms with E-state index in [2.05, 4.69) is 32.9 Å². The molecule has 9 heteroatoms. The van der Waals surface area contributed by atoms with Crippen LogP contribution in [0.3, 0.4) is 0 Å². The first kappa shape index (κ1) is 30.0. The van der Waals surface area contributed by atoms with Gasteiger partial charge in [-0.3, -0.25) is 0 Å². The maximum atomic E-state index is 4.83. The molecule has 0 atom stereocenters. The average Bonchev–Trinajstić information content (AvgIpc) is 3.27. The summed E-state index contributed by atoms with van der Waals surface area (Å²) in [5.74, 6) is 1.86. The zero-order chi connectivity index (χ0) is 16.8. The van der Waals surface area contributed by atoms with E-state index in [-0.39, 0.29) is 78.1 Å². The number of aromatic nitrogens is 5. The fraction of sp³-hybridized carbons (Fsp3) is 0.421. The van der Waals surface area contributed by atoms with Gasteiger partial charge in [0.1, 0.15) is 11.4 Å². The number of hydrogen-bond acceptors (Lipinski definition) is 3. The third-order valence-electron chi connectivity index (χ3n) is 4.14. The number of pyridine rings is 1. The van der Waals surface area contributed by atoms with Crippen molar-refractivity contribution in [2.45, 2.75) is 52.6 Å². The Morgan fingerprint density at radius 2 is 1.18 bits per heavy atom. The van der Waals surface area contributed by atoms with Crippen molar-refractivity contribution in [1.29, 1.82) is 0 Å². The number of nitrogens with zero attached hydrogens (tertiary/aromatic N) is 5. The summed E-state index contributed by atoms with van der Waals surface area (Å²) in [4.78, 5) is 13.8. The quantitative estimate of drug-likeness (QED) is 0.273. The van der Waals surface area contributed by atoms with Gasteiger partial charge in [0.15, 0.2) is 11.6 Å². The van der Waals surface area contributed by atoms with Crippen LogP contribution in [-0.4, -0.2) is 24.1 Å². The first-order chi connectivity index (χ1) is 11.8. The van der Waals surface area contributed by atoms with E-state index in [4.69, 9.17) is 4.98 Å².